The first-order chi connectivity index (χ1) is 7.80. The monoisotopic (exact) mass is 241 g/mol. The van der Waals surface area contributed by atoms with Gasteiger partial charge in [-0.15, -0.1) is 0 Å². The molecule has 17 heavy (non-hydrogen) atoms. The van der Waals surface area contributed by atoms with Gasteiger partial charge < -0.3 is 10.0 Å². The molecule has 0 aliphatic heterocycles. The van der Waals surface area contributed by atoms with Gasteiger partial charge in [-0.25, -0.2) is 0 Å². The summed E-state index contributed by atoms with van der Waals surface area (Å²) in [5, 5.41) is 8.84. The molecule has 4 heteroatoms. The fourth-order valence-electron chi connectivity index (χ4n) is 2.24. The number of amides is 1. The number of carbonyl (C=O) groups is 2. The lowest BCUT2D eigenvalue weighted by atomic mass is 10.0. The first-order valence-corrected chi connectivity index (χ1v) is 6.30. The van der Waals surface area contributed by atoms with Gasteiger partial charge in [0.15, 0.2) is 0 Å². The van der Waals surface area contributed by atoms with Crippen molar-refractivity contribution in [1.29, 1.82) is 0 Å². The van der Waals surface area contributed by atoms with Crippen LogP contribution in [-0.2, 0) is 9.59 Å². The molecule has 1 aliphatic carbocycles. The Morgan fingerprint density at radius 1 is 1.47 bits per heavy atom. The second-order valence-corrected chi connectivity index (χ2v) is 5.77. The molecule has 0 aromatic rings. The average molecular weight is 241 g/mol. The lowest BCUT2D eigenvalue weighted by Crippen LogP contribution is -2.39. The number of carboxylic acid groups (broad SMARTS) is 1. The van der Waals surface area contributed by atoms with Crippen LogP contribution >= 0.6 is 0 Å². The van der Waals surface area contributed by atoms with Crippen molar-refractivity contribution in [2.75, 3.05) is 13.1 Å². The van der Waals surface area contributed by atoms with Crippen LogP contribution in [0.5, 0.6) is 0 Å². The second kappa shape index (κ2) is 5.07. The Morgan fingerprint density at radius 2 is 2.06 bits per heavy atom. The van der Waals surface area contributed by atoms with Crippen molar-refractivity contribution in [1.82, 2.24) is 4.90 Å². The van der Waals surface area contributed by atoms with Crippen molar-refractivity contribution in [3.63, 3.8) is 0 Å². The van der Waals surface area contributed by atoms with E-state index in [0.29, 0.717) is 12.5 Å². The lowest BCUT2D eigenvalue weighted by molar-refractivity contribution is -0.145. The van der Waals surface area contributed by atoms with Crippen LogP contribution in [0.3, 0.4) is 0 Å². The van der Waals surface area contributed by atoms with Gasteiger partial charge >= 0.3 is 5.97 Å². The smallest absolute Gasteiger partial charge is 0.323 e. The second-order valence-electron chi connectivity index (χ2n) is 5.77. The third-order valence-electron chi connectivity index (χ3n) is 3.68. The minimum Gasteiger partial charge on any atom is -0.480 e. The molecule has 2 atom stereocenters. The van der Waals surface area contributed by atoms with Crippen molar-refractivity contribution in [2.24, 2.45) is 17.3 Å². The normalized spacial score (nSPS) is 27.0. The fraction of sp³-hybridized carbons (Fsp3) is 0.846. The van der Waals surface area contributed by atoms with E-state index in [-0.39, 0.29) is 23.8 Å². The summed E-state index contributed by atoms with van der Waals surface area (Å²) in [5.74, 6) is -0.584. The van der Waals surface area contributed by atoms with E-state index < -0.39 is 5.97 Å². The first-order valence-electron chi connectivity index (χ1n) is 6.30. The van der Waals surface area contributed by atoms with Gasteiger partial charge in [0.2, 0.25) is 5.91 Å². The molecule has 0 aromatic carbocycles. The highest BCUT2D eigenvalue weighted by molar-refractivity contribution is 5.85. The van der Waals surface area contributed by atoms with Crippen molar-refractivity contribution < 1.29 is 14.7 Å². The van der Waals surface area contributed by atoms with Crippen LogP contribution in [0.2, 0.25) is 0 Å². The van der Waals surface area contributed by atoms with Crippen LogP contribution < -0.4 is 0 Å². The van der Waals surface area contributed by atoms with E-state index in [1.165, 1.54) is 4.90 Å². The van der Waals surface area contributed by atoms with Crippen LogP contribution in [0.25, 0.3) is 0 Å². The van der Waals surface area contributed by atoms with Gasteiger partial charge in [0.05, 0.1) is 0 Å². The zero-order valence-corrected chi connectivity index (χ0v) is 11.2. The molecule has 1 fully saturated rings. The predicted molar refractivity (Wildman–Crippen MR) is 65.6 cm³/mol. The number of carbonyl (C=O) groups excluding carboxylic acids is 1. The van der Waals surface area contributed by atoms with E-state index in [1.807, 2.05) is 13.8 Å². The third-order valence-corrected chi connectivity index (χ3v) is 3.68. The third kappa shape index (κ3) is 3.45. The van der Waals surface area contributed by atoms with Gasteiger partial charge in [0.25, 0.3) is 0 Å². The Bertz CT molecular complexity index is 314. The van der Waals surface area contributed by atoms with Gasteiger partial charge in [0, 0.05) is 12.5 Å². The van der Waals surface area contributed by atoms with E-state index >= 15 is 0 Å². The van der Waals surface area contributed by atoms with E-state index in [9.17, 15) is 9.59 Å². The molecule has 0 heterocycles. The molecular weight excluding hydrogens is 218 g/mol. The molecule has 2 unspecified atom stereocenters. The quantitative estimate of drug-likeness (QED) is 0.773. The Labute approximate surface area is 103 Å². The van der Waals surface area contributed by atoms with Crippen LogP contribution in [0.1, 0.15) is 40.5 Å². The Kier molecular flexibility index (Phi) is 4.17. The summed E-state index contributed by atoms with van der Waals surface area (Å²) in [5.41, 5.74) is 0.102. The minimum atomic E-state index is -0.933. The molecule has 1 rings (SSSR count). The molecule has 1 N–H and O–H groups in total. The summed E-state index contributed by atoms with van der Waals surface area (Å²) in [7, 11) is 0. The van der Waals surface area contributed by atoms with Gasteiger partial charge in [-0.05, 0) is 24.2 Å². The molecule has 0 spiro atoms. The van der Waals surface area contributed by atoms with Crippen molar-refractivity contribution in [2.45, 2.75) is 40.5 Å². The van der Waals surface area contributed by atoms with E-state index in [2.05, 4.69) is 13.8 Å². The maximum absolute atomic E-state index is 12.2. The van der Waals surface area contributed by atoms with Crippen molar-refractivity contribution in [3.05, 3.63) is 0 Å². The number of hydrogen-bond donors (Lipinski definition) is 1. The molecule has 1 aliphatic rings. The molecule has 0 radical (unpaired) electrons. The Hall–Kier alpha value is -1.06. The first kappa shape index (κ1) is 14.0. The van der Waals surface area contributed by atoms with E-state index in [4.69, 9.17) is 5.11 Å². The molecule has 4 nitrogen and oxygen atoms in total. The largest absolute Gasteiger partial charge is 0.480 e. The van der Waals surface area contributed by atoms with Crippen molar-refractivity contribution in [3.8, 4) is 0 Å². The predicted octanol–water partition coefficient (Wildman–Crippen LogP) is 1.99. The number of aliphatic carboxylic acids is 1. The lowest BCUT2D eigenvalue weighted by Gasteiger charge is -2.23. The van der Waals surface area contributed by atoms with Crippen LogP contribution in [0.15, 0.2) is 0 Å². The van der Waals surface area contributed by atoms with E-state index in [1.54, 1.807) is 0 Å². The van der Waals surface area contributed by atoms with Crippen LogP contribution in [0.4, 0.5) is 0 Å². The molecule has 0 saturated heterocycles. The number of hydrogen-bond acceptors (Lipinski definition) is 2. The molecule has 0 bridgehead atoms. The molecule has 1 amide bonds. The zero-order valence-electron chi connectivity index (χ0n) is 11.2. The van der Waals surface area contributed by atoms with Gasteiger partial charge in [0.1, 0.15) is 6.54 Å². The number of rotatable bonds is 6. The van der Waals surface area contributed by atoms with Crippen LogP contribution in [0, 0.1) is 17.3 Å². The summed E-state index contributed by atoms with van der Waals surface area (Å²) in [6, 6.07) is 0. The summed E-state index contributed by atoms with van der Waals surface area (Å²) >= 11 is 0. The average Bonchev–Trinajstić information content (AvgIpc) is 2.88. The summed E-state index contributed by atoms with van der Waals surface area (Å²) in [6.07, 6.45) is 1.88. The van der Waals surface area contributed by atoms with Gasteiger partial charge in [-0.2, -0.15) is 0 Å². The highest BCUT2D eigenvalue weighted by Crippen LogP contribution is 2.55. The highest BCUT2D eigenvalue weighted by atomic mass is 16.4. The zero-order chi connectivity index (χ0) is 13.2. The summed E-state index contributed by atoms with van der Waals surface area (Å²) in [6.45, 7) is 8.53. The minimum absolute atomic E-state index is 0.0189. The van der Waals surface area contributed by atoms with Gasteiger partial charge in [-0.1, -0.05) is 27.7 Å². The van der Waals surface area contributed by atoms with E-state index in [0.717, 1.165) is 12.8 Å². The molecular formula is C13H23NO3. The maximum atomic E-state index is 12.2. The summed E-state index contributed by atoms with van der Waals surface area (Å²) < 4.78 is 0. The topological polar surface area (TPSA) is 57.6 Å². The fourth-order valence-corrected chi connectivity index (χ4v) is 2.24. The molecule has 98 valence electrons. The number of carboxylic acids is 1. The van der Waals surface area contributed by atoms with Crippen LogP contribution in [-0.4, -0.2) is 35.0 Å². The Morgan fingerprint density at radius 3 is 2.41 bits per heavy atom. The maximum Gasteiger partial charge on any atom is 0.323 e. The highest BCUT2D eigenvalue weighted by Gasteiger charge is 2.54. The number of nitrogens with zero attached hydrogens (tertiary/aromatic N) is 1. The standard InChI is InChI=1S/C13H23NO3/c1-5-13(4)6-10(13)12(17)14(7-9(2)3)8-11(15)16/h9-10H,5-8H2,1-4H3,(H,15,16). The molecule has 0 aromatic heterocycles. The Balaban J connectivity index is 2.64. The van der Waals surface area contributed by atoms with Gasteiger partial charge in [-0.3, -0.25) is 9.59 Å². The SMILES string of the molecule is CCC1(C)CC1C(=O)N(CC(=O)O)CC(C)C. The van der Waals surface area contributed by atoms with Crippen molar-refractivity contribution >= 4 is 11.9 Å². The molecule has 1 saturated carbocycles. The summed E-state index contributed by atoms with van der Waals surface area (Å²) in [4.78, 5) is 24.5.